The van der Waals surface area contributed by atoms with Crippen molar-refractivity contribution < 1.29 is 9.13 Å². The van der Waals surface area contributed by atoms with Gasteiger partial charge in [0, 0.05) is 23.4 Å². The summed E-state index contributed by atoms with van der Waals surface area (Å²) in [5, 5.41) is 5.32. The van der Waals surface area contributed by atoms with Crippen molar-refractivity contribution in [2.24, 2.45) is 0 Å². The second-order valence-corrected chi connectivity index (χ2v) is 5.61. The maximum absolute atomic E-state index is 13.9. The summed E-state index contributed by atoms with van der Waals surface area (Å²) in [5.74, 6) is 0.0969. The Balaban J connectivity index is 1.94. The minimum atomic E-state index is -0.285. The number of hydrogen-bond acceptors (Lipinski definition) is 3. The van der Waals surface area contributed by atoms with E-state index in [1.54, 1.807) is 17.4 Å². The van der Waals surface area contributed by atoms with E-state index in [1.807, 2.05) is 17.5 Å². The van der Waals surface area contributed by atoms with Crippen LogP contribution in [0.15, 0.2) is 35.7 Å². The van der Waals surface area contributed by atoms with E-state index < -0.39 is 0 Å². The van der Waals surface area contributed by atoms with Gasteiger partial charge in [-0.1, -0.05) is 25.1 Å². The molecule has 1 heterocycles. The zero-order valence-corrected chi connectivity index (χ0v) is 12.5. The quantitative estimate of drug-likeness (QED) is 0.743. The molecule has 4 heteroatoms. The van der Waals surface area contributed by atoms with Gasteiger partial charge in [-0.15, -0.1) is 11.3 Å². The molecule has 0 saturated heterocycles. The number of nitrogens with one attached hydrogen (secondary N) is 1. The number of rotatable bonds is 8. The van der Waals surface area contributed by atoms with Crippen LogP contribution in [0.2, 0.25) is 0 Å². The molecule has 0 amide bonds. The number of benzene rings is 1. The second kappa shape index (κ2) is 8.02. The summed E-state index contributed by atoms with van der Waals surface area (Å²) < 4.78 is 19.5. The van der Waals surface area contributed by atoms with Crippen LogP contribution in [0.5, 0.6) is 5.75 Å². The third-order valence-corrected chi connectivity index (χ3v) is 3.90. The molecular weight excluding hydrogens is 273 g/mol. The molecule has 0 spiro atoms. The van der Waals surface area contributed by atoms with E-state index in [0.29, 0.717) is 18.9 Å². The molecule has 0 unspecified atom stereocenters. The van der Waals surface area contributed by atoms with Crippen molar-refractivity contribution >= 4 is 11.3 Å². The van der Waals surface area contributed by atoms with Crippen molar-refractivity contribution in [2.75, 3.05) is 13.2 Å². The molecule has 0 saturated carbocycles. The molecule has 1 N–H and O–H groups in total. The monoisotopic (exact) mass is 293 g/mol. The third kappa shape index (κ3) is 4.32. The summed E-state index contributed by atoms with van der Waals surface area (Å²) in [5.41, 5.74) is 0.879. The van der Waals surface area contributed by atoms with Gasteiger partial charge in [-0.2, -0.15) is 0 Å². The highest BCUT2D eigenvalue weighted by Crippen LogP contribution is 2.23. The Morgan fingerprint density at radius 2 is 2.15 bits per heavy atom. The highest BCUT2D eigenvalue weighted by atomic mass is 32.1. The molecule has 0 fully saturated rings. The van der Waals surface area contributed by atoms with Crippen molar-refractivity contribution in [1.29, 1.82) is 0 Å². The Labute approximate surface area is 123 Å². The Kier molecular flexibility index (Phi) is 6.02. The lowest BCUT2D eigenvalue weighted by Crippen LogP contribution is -2.15. The van der Waals surface area contributed by atoms with Gasteiger partial charge in [0.15, 0.2) is 11.6 Å². The molecule has 0 aliphatic rings. The molecule has 108 valence electrons. The first-order chi connectivity index (χ1) is 9.81. The van der Waals surface area contributed by atoms with Gasteiger partial charge in [-0.25, -0.2) is 4.39 Å². The van der Waals surface area contributed by atoms with Gasteiger partial charge < -0.3 is 10.1 Å². The lowest BCUT2D eigenvalue weighted by molar-refractivity contribution is 0.302. The van der Waals surface area contributed by atoms with E-state index in [0.717, 1.165) is 24.9 Å². The highest BCUT2D eigenvalue weighted by molar-refractivity contribution is 7.09. The van der Waals surface area contributed by atoms with Crippen LogP contribution in [0.25, 0.3) is 0 Å². The Hall–Kier alpha value is -1.39. The summed E-state index contributed by atoms with van der Waals surface area (Å²) in [6.07, 6.45) is 1.87. The van der Waals surface area contributed by atoms with E-state index >= 15 is 0 Å². The lowest BCUT2D eigenvalue weighted by atomic mass is 10.2. The van der Waals surface area contributed by atoms with Gasteiger partial charge in [-0.3, -0.25) is 0 Å². The fourth-order valence-electron chi connectivity index (χ4n) is 1.96. The maximum Gasteiger partial charge on any atom is 0.165 e. The van der Waals surface area contributed by atoms with Gasteiger partial charge in [0.05, 0.1) is 6.61 Å². The van der Waals surface area contributed by atoms with Crippen LogP contribution in [0.3, 0.4) is 0 Å². The minimum absolute atomic E-state index is 0.285. The summed E-state index contributed by atoms with van der Waals surface area (Å²) in [4.78, 5) is 1.26. The number of ether oxygens (including phenoxy) is 1. The van der Waals surface area contributed by atoms with Crippen LogP contribution in [0, 0.1) is 5.82 Å². The van der Waals surface area contributed by atoms with E-state index in [-0.39, 0.29) is 5.82 Å². The summed E-state index contributed by atoms with van der Waals surface area (Å²) >= 11 is 1.70. The molecule has 20 heavy (non-hydrogen) atoms. The van der Waals surface area contributed by atoms with Gasteiger partial charge in [0.25, 0.3) is 0 Å². The molecule has 2 rings (SSSR count). The third-order valence-electron chi connectivity index (χ3n) is 2.97. The predicted molar refractivity (Wildman–Crippen MR) is 81.9 cm³/mol. The first-order valence-electron chi connectivity index (χ1n) is 6.94. The smallest absolute Gasteiger partial charge is 0.165 e. The summed E-state index contributed by atoms with van der Waals surface area (Å²) in [6.45, 7) is 4.17. The average molecular weight is 293 g/mol. The number of para-hydroxylation sites is 1. The number of thiophene rings is 1. The van der Waals surface area contributed by atoms with Crippen molar-refractivity contribution in [3.05, 3.63) is 52.0 Å². The molecule has 0 atom stereocenters. The van der Waals surface area contributed by atoms with Gasteiger partial charge >= 0.3 is 0 Å². The van der Waals surface area contributed by atoms with Crippen LogP contribution in [-0.4, -0.2) is 13.2 Å². The van der Waals surface area contributed by atoms with Crippen molar-refractivity contribution in [3.63, 3.8) is 0 Å². The van der Waals surface area contributed by atoms with Gasteiger partial charge in [-0.05, 0) is 30.5 Å². The minimum Gasteiger partial charge on any atom is -0.490 e. The summed E-state index contributed by atoms with van der Waals surface area (Å²) in [6, 6.07) is 9.17. The Morgan fingerprint density at radius 3 is 2.90 bits per heavy atom. The fourth-order valence-corrected chi connectivity index (χ4v) is 2.65. The lowest BCUT2D eigenvalue weighted by Gasteiger charge is -2.12. The molecule has 1 aromatic carbocycles. The fraction of sp³-hybridized carbons (Fsp3) is 0.375. The molecular formula is C16H20FNOS. The van der Waals surface area contributed by atoms with E-state index in [1.165, 1.54) is 10.9 Å². The number of halogens is 1. The Morgan fingerprint density at radius 1 is 1.25 bits per heavy atom. The molecule has 2 nitrogen and oxygen atoms in total. The molecule has 0 aliphatic heterocycles. The second-order valence-electron chi connectivity index (χ2n) is 4.58. The van der Waals surface area contributed by atoms with E-state index in [2.05, 4.69) is 18.3 Å². The highest BCUT2D eigenvalue weighted by Gasteiger charge is 2.09. The van der Waals surface area contributed by atoms with Gasteiger partial charge in [0.1, 0.15) is 0 Å². The van der Waals surface area contributed by atoms with Crippen LogP contribution in [0.4, 0.5) is 4.39 Å². The first-order valence-corrected chi connectivity index (χ1v) is 7.82. The van der Waals surface area contributed by atoms with Crippen molar-refractivity contribution in [1.82, 2.24) is 5.32 Å². The van der Waals surface area contributed by atoms with Crippen LogP contribution >= 0.6 is 11.3 Å². The van der Waals surface area contributed by atoms with E-state index in [9.17, 15) is 4.39 Å². The molecule has 0 aliphatic carbocycles. The first kappa shape index (κ1) is 15.0. The Bertz CT molecular complexity index is 513. The summed E-state index contributed by atoms with van der Waals surface area (Å²) in [7, 11) is 0. The normalized spacial score (nSPS) is 10.7. The van der Waals surface area contributed by atoms with Crippen LogP contribution < -0.4 is 10.1 Å². The molecule has 0 radical (unpaired) electrons. The van der Waals surface area contributed by atoms with Crippen molar-refractivity contribution in [3.8, 4) is 5.75 Å². The SMILES string of the molecule is CCCNCc1cccc(F)c1OCCc1cccs1. The molecule has 1 aromatic heterocycles. The standard InChI is InChI=1S/C16H20FNOS/c1-2-9-18-12-13-5-3-7-15(17)16(13)19-10-8-14-6-4-11-20-14/h3-7,11,18H,2,8-10,12H2,1H3. The molecule has 0 bridgehead atoms. The molecule has 2 aromatic rings. The maximum atomic E-state index is 13.9. The zero-order chi connectivity index (χ0) is 14.2. The zero-order valence-electron chi connectivity index (χ0n) is 11.7. The van der Waals surface area contributed by atoms with Crippen LogP contribution in [-0.2, 0) is 13.0 Å². The van der Waals surface area contributed by atoms with Crippen molar-refractivity contribution in [2.45, 2.75) is 26.3 Å². The number of hydrogen-bond donors (Lipinski definition) is 1. The van der Waals surface area contributed by atoms with Crippen LogP contribution in [0.1, 0.15) is 23.8 Å². The average Bonchev–Trinajstić information content (AvgIpc) is 2.95. The predicted octanol–water partition coefficient (Wildman–Crippen LogP) is 4.01. The topological polar surface area (TPSA) is 21.3 Å². The largest absolute Gasteiger partial charge is 0.490 e. The van der Waals surface area contributed by atoms with Gasteiger partial charge in [0.2, 0.25) is 0 Å². The van der Waals surface area contributed by atoms with E-state index in [4.69, 9.17) is 4.74 Å².